The Kier molecular flexibility index (Phi) is 10.6. The first-order valence-electron chi connectivity index (χ1n) is 10.2. The van der Waals surface area contributed by atoms with Crippen molar-refractivity contribution in [3.05, 3.63) is 0 Å². The van der Waals surface area contributed by atoms with Gasteiger partial charge in [0.15, 0.2) is 15.8 Å². The van der Waals surface area contributed by atoms with Gasteiger partial charge in [-0.2, -0.15) is 0 Å². The Hall–Kier alpha value is -0.620. The molecule has 0 aromatic heterocycles. The summed E-state index contributed by atoms with van der Waals surface area (Å²) in [7, 11) is -1.28. The average Bonchev–Trinajstić information content (AvgIpc) is 2.95. The minimum absolute atomic E-state index is 0. The van der Waals surface area contributed by atoms with E-state index in [9.17, 15) is 13.2 Å². The molecule has 0 aromatic rings. The van der Waals surface area contributed by atoms with Gasteiger partial charge in [-0.05, 0) is 24.7 Å². The summed E-state index contributed by atoms with van der Waals surface area (Å²) in [6, 6.07) is -0.254. The van der Waals surface area contributed by atoms with Crippen LogP contribution in [0.15, 0.2) is 4.99 Å². The second kappa shape index (κ2) is 11.7. The predicted octanol–water partition coefficient (Wildman–Crippen LogP) is 1.30. The molecular formula is C19H37IN4O4S. The second-order valence-electron chi connectivity index (χ2n) is 8.86. The van der Waals surface area contributed by atoms with Gasteiger partial charge >= 0.3 is 0 Å². The van der Waals surface area contributed by atoms with E-state index in [0.717, 1.165) is 26.0 Å². The van der Waals surface area contributed by atoms with Crippen molar-refractivity contribution in [1.29, 1.82) is 0 Å². The third-order valence-corrected chi connectivity index (χ3v) is 7.06. The fourth-order valence-electron chi connectivity index (χ4n) is 3.96. The van der Waals surface area contributed by atoms with Crippen molar-refractivity contribution < 1.29 is 17.9 Å². The maximum atomic E-state index is 12.0. The number of guanidine groups is 1. The minimum Gasteiger partial charge on any atom is -0.377 e. The number of nitrogens with one attached hydrogen (secondary N) is 3. The van der Waals surface area contributed by atoms with Crippen molar-refractivity contribution >= 4 is 45.7 Å². The quantitative estimate of drug-likeness (QED) is 0.264. The van der Waals surface area contributed by atoms with Crippen molar-refractivity contribution in [3.63, 3.8) is 0 Å². The van der Waals surface area contributed by atoms with Crippen LogP contribution in [0, 0.1) is 11.3 Å². The first-order chi connectivity index (χ1) is 13.1. The molecule has 3 atom stereocenters. The normalized spacial score (nSPS) is 27.0. The zero-order chi connectivity index (χ0) is 20.8. The maximum Gasteiger partial charge on any atom is 0.222 e. The smallest absolute Gasteiger partial charge is 0.222 e. The number of rotatable bonds is 6. The van der Waals surface area contributed by atoms with Crippen molar-refractivity contribution in [2.45, 2.75) is 58.6 Å². The van der Waals surface area contributed by atoms with E-state index >= 15 is 0 Å². The van der Waals surface area contributed by atoms with Crippen LogP contribution in [0.25, 0.3) is 0 Å². The Morgan fingerprint density at radius 2 is 1.93 bits per heavy atom. The van der Waals surface area contributed by atoms with Gasteiger partial charge in [0.25, 0.3) is 0 Å². The molecule has 0 spiro atoms. The molecule has 0 aromatic carbocycles. The molecule has 170 valence electrons. The minimum atomic E-state index is -2.98. The lowest BCUT2D eigenvalue weighted by Crippen LogP contribution is -2.48. The molecule has 8 nitrogen and oxygen atoms in total. The lowest BCUT2D eigenvalue weighted by atomic mass is 9.78. The highest BCUT2D eigenvalue weighted by atomic mass is 127. The van der Waals surface area contributed by atoms with E-state index in [-0.39, 0.29) is 65.4 Å². The van der Waals surface area contributed by atoms with Crippen LogP contribution in [-0.2, 0) is 19.4 Å². The number of halogens is 1. The number of sulfone groups is 1. The van der Waals surface area contributed by atoms with Gasteiger partial charge in [0.1, 0.15) is 0 Å². The maximum absolute atomic E-state index is 12.0. The number of hydrogen-bond donors (Lipinski definition) is 3. The summed E-state index contributed by atoms with van der Waals surface area (Å²) in [6.45, 7) is 8.65. The number of aliphatic imine (C=N–C) groups is 1. The van der Waals surface area contributed by atoms with Crippen LogP contribution in [0.4, 0.5) is 0 Å². The van der Waals surface area contributed by atoms with Crippen LogP contribution in [0.5, 0.6) is 0 Å². The Morgan fingerprint density at radius 3 is 2.52 bits per heavy atom. The van der Waals surface area contributed by atoms with E-state index in [2.05, 4.69) is 41.7 Å². The van der Waals surface area contributed by atoms with E-state index in [1.165, 1.54) is 0 Å². The van der Waals surface area contributed by atoms with Crippen LogP contribution in [0.1, 0.15) is 46.5 Å². The van der Waals surface area contributed by atoms with E-state index in [0.29, 0.717) is 24.8 Å². The summed E-state index contributed by atoms with van der Waals surface area (Å²) < 4.78 is 28.9. The van der Waals surface area contributed by atoms with Crippen LogP contribution in [0.2, 0.25) is 0 Å². The third kappa shape index (κ3) is 8.95. The van der Waals surface area contributed by atoms with Gasteiger partial charge in [-0.3, -0.25) is 9.79 Å². The molecule has 1 amide bonds. The fourth-order valence-corrected chi connectivity index (χ4v) is 5.63. The molecule has 2 aliphatic rings. The lowest BCUT2D eigenvalue weighted by Gasteiger charge is -2.40. The van der Waals surface area contributed by atoms with Gasteiger partial charge in [0.05, 0.1) is 17.6 Å². The Bertz CT molecular complexity index is 664. The Morgan fingerprint density at radius 1 is 1.21 bits per heavy atom. The van der Waals surface area contributed by atoms with E-state index < -0.39 is 9.84 Å². The van der Waals surface area contributed by atoms with Gasteiger partial charge in [-0.1, -0.05) is 20.8 Å². The predicted molar refractivity (Wildman–Crippen MR) is 127 cm³/mol. The van der Waals surface area contributed by atoms with Gasteiger partial charge < -0.3 is 20.7 Å². The molecule has 0 bridgehead atoms. The number of amides is 1. The molecule has 29 heavy (non-hydrogen) atoms. The molecule has 3 unspecified atom stereocenters. The van der Waals surface area contributed by atoms with Crippen molar-refractivity contribution in [1.82, 2.24) is 16.0 Å². The van der Waals surface area contributed by atoms with Gasteiger partial charge in [-0.25, -0.2) is 8.42 Å². The van der Waals surface area contributed by atoms with E-state index in [1.54, 1.807) is 7.05 Å². The highest BCUT2D eigenvalue weighted by Crippen LogP contribution is 2.33. The van der Waals surface area contributed by atoms with Crippen LogP contribution in [0.3, 0.4) is 0 Å². The molecular weight excluding hydrogens is 507 g/mol. The van der Waals surface area contributed by atoms with E-state index in [4.69, 9.17) is 4.74 Å². The number of carbonyl (C=O) groups is 1. The molecule has 2 rings (SSSR count). The molecule has 2 heterocycles. The standard InChI is InChI=1S/C19H36N4O4S.HI/c1-19(2,3)17-14(6-5-10-27-17)12-22-18(20-4)21-9-7-16(24)23-15-8-11-28(25,26)13-15;/h14-15,17H,5-13H2,1-4H3,(H,23,24)(H2,20,21,22);1H. The zero-order valence-electron chi connectivity index (χ0n) is 18.0. The van der Waals surface area contributed by atoms with Gasteiger partial charge in [0, 0.05) is 45.1 Å². The largest absolute Gasteiger partial charge is 0.377 e. The Labute approximate surface area is 192 Å². The van der Waals surface area contributed by atoms with Gasteiger partial charge in [-0.15, -0.1) is 24.0 Å². The van der Waals surface area contributed by atoms with Crippen LogP contribution >= 0.6 is 24.0 Å². The van der Waals surface area contributed by atoms with Crippen molar-refractivity contribution in [2.75, 3.05) is 38.2 Å². The topological polar surface area (TPSA) is 109 Å². The summed E-state index contributed by atoms with van der Waals surface area (Å²) in [5.41, 5.74) is 0.0928. The number of ether oxygens (including phenoxy) is 1. The molecule has 2 aliphatic heterocycles. The van der Waals surface area contributed by atoms with Crippen molar-refractivity contribution in [3.8, 4) is 0 Å². The second-order valence-corrected chi connectivity index (χ2v) is 11.1. The van der Waals surface area contributed by atoms with Crippen LogP contribution < -0.4 is 16.0 Å². The summed E-state index contributed by atoms with van der Waals surface area (Å²) in [4.78, 5) is 16.2. The van der Waals surface area contributed by atoms with Crippen LogP contribution in [-0.4, -0.2) is 70.7 Å². The summed E-state index contributed by atoms with van der Waals surface area (Å²) >= 11 is 0. The molecule has 2 saturated heterocycles. The number of nitrogens with zero attached hydrogens (tertiary/aromatic N) is 1. The molecule has 2 fully saturated rings. The monoisotopic (exact) mass is 544 g/mol. The van der Waals surface area contributed by atoms with Gasteiger partial charge in [0.2, 0.25) is 5.91 Å². The first-order valence-corrected chi connectivity index (χ1v) is 12.0. The number of hydrogen-bond acceptors (Lipinski definition) is 5. The fraction of sp³-hybridized carbons (Fsp3) is 0.895. The molecule has 0 radical (unpaired) electrons. The molecule has 3 N–H and O–H groups in total. The summed E-state index contributed by atoms with van der Waals surface area (Å²) in [6.07, 6.45) is 3.18. The van der Waals surface area contributed by atoms with Crippen molar-refractivity contribution in [2.24, 2.45) is 16.3 Å². The number of carbonyl (C=O) groups excluding carboxylic acids is 1. The highest BCUT2D eigenvalue weighted by molar-refractivity contribution is 14.0. The molecule has 0 saturated carbocycles. The molecule has 0 aliphatic carbocycles. The highest BCUT2D eigenvalue weighted by Gasteiger charge is 2.35. The summed E-state index contributed by atoms with van der Waals surface area (Å²) in [5, 5.41) is 9.30. The molecule has 10 heteroatoms. The zero-order valence-corrected chi connectivity index (χ0v) is 21.1. The SMILES string of the molecule is CN=C(NCCC(=O)NC1CCS(=O)(=O)C1)NCC1CCCOC1C(C)(C)C.I. The average molecular weight is 545 g/mol. The lowest BCUT2D eigenvalue weighted by molar-refractivity contribution is -0.121. The van der Waals surface area contributed by atoms with E-state index in [1.807, 2.05) is 0 Å². The third-order valence-electron chi connectivity index (χ3n) is 5.30. The Balaban J connectivity index is 0.00000420. The first kappa shape index (κ1) is 26.4. The summed E-state index contributed by atoms with van der Waals surface area (Å²) in [5.74, 6) is 1.15.